The second-order valence-corrected chi connectivity index (χ2v) is 4.13. The zero-order valence-electron chi connectivity index (χ0n) is 9.87. The van der Waals surface area contributed by atoms with Crippen LogP contribution in [-0.4, -0.2) is 7.11 Å². The Kier molecular flexibility index (Phi) is 6.38. The monoisotopic (exact) mass is 247 g/mol. The Morgan fingerprint density at radius 1 is 1.38 bits per heavy atom. The minimum Gasteiger partial charge on any atom is -0.494 e. The van der Waals surface area contributed by atoms with E-state index >= 15 is 0 Å². The molecule has 2 N–H and O–H groups in total. The summed E-state index contributed by atoms with van der Waals surface area (Å²) in [5.41, 5.74) is 6.77. The fourth-order valence-electron chi connectivity index (χ4n) is 1.56. The van der Waals surface area contributed by atoms with E-state index in [0.717, 1.165) is 12.0 Å². The van der Waals surface area contributed by atoms with E-state index < -0.39 is 0 Å². The zero-order valence-corrected chi connectivity index (χ0v) is 10.7. The lowest BCUT2D eigenvalue weighted by Gasteiger charge is -2.15. The summed E-state index contributed by atoms with van der Waals surface area (Å²) in [6, 6.07) is 4.77. The fourth-order valence-corrected chi connectivity index (χ4v) is 1.56. The zero-order chi connectivity index (χ0) is 11.4. The number of methoxy groups -OCH3 is 1. The molecule has 0 fully saturated rings. The summed E-state index contributed by atoms with van der Waals surface area (Å²) in [5.74, 6) is 0.412. The predicted octanol–water partition coefficient (Wildman–Crippen LogP) is 3.30. The summed E-state index contributed by atoms with van der Waals surface area (Å²) >= 11 is 0. The number of hydrogen-bond donors (Lipinski definition) is 1. The standard InChI is InChI=1S/C12H18FNO.ClH/c1-8(2)6-11(14)9-4-5-12(15-3)10(13)7-9;/h4-5,7-8,11H,6,14H2,1-3H3;1H/t11-;/m0./s1. The number of hydrogen-bond acceptors (Lipinski definition) is 2. The van der Waals surface area contributed by atoms with Crippen molar-refractivity contribution in [2.24, 2.45) is 11.7 Å². The molecule has 16 heavy (non-hydrogen) atoms. The number of rotatable bonds is 4. The van der Waals surface area contributed by atoms with E-state index in [1.54, 1.807) is 6.07 Å². The lowest BCUT2D eigenvalue weighted by atomic mass is 9.98. The summed E-state index contributed by atoms with van der Waals surface area (Å²) in [6.07, 6.45) is 0.853. The molecule has 0 saturated heterocycles. The van der Waals surface area contributed by atoms with Gasteiger partial charge < -0.3 is 10.5 Å². The summed E-state index contributed by atoms with van der Waals surface area (Å²) in [4.78, 5) is 0. The van der Waals surface area contributed by atoms with E-state index in [4.69, 9.17) is 10.5 Å². The van der Waals surface area contributed by atoms with E-state index in [1.807, 2.05) is 6.07 Å². The third-order valence-corrected chi connectivity index (χ3v) is 2.33. The molecule has 0 spiro atoms. The van der Waals surface area contributed by atoms with Crippen molar-refractivity contribution in [1.29, 1.82) is 0 Å². The normalized spacial score (nSPS) is 12.1. The molecule has 0 saturated carbocycles. The van der Waals surface area contributed by atoms with Gasteiger partial charge in [0.1, 0.15) is 0 Å². The van der Waals surface area contributed by atoms with Crippen LogP contribution < -0.4 is 10.5 Å². The van der Waals surface area contributed by atoms with Gasteiger partial charge in [0, 0.05) is 6.04 Å². The number of halogens is 2. The van der Waals surface area contributed by atoms with Crippen LogP contribution in [0.3, 0.4) is 0 Å². The maximum Gasteiger partial charge on any atom is 0.165 e. The molecule has 0 heterocycles. The molecule has 0 amide bonds. The molecule has 1 aromatic carbocycles. The van der Waals surface area contributed by atoms with E-state index in [-0.39, 0.29) is 30.0 Å². The quantitative estimate of drug-likeness (QED) is 0.886. The summed E-state index contributed by atoms with van der Waals surface area (Å²) < 4.78 is 18.2. The molecule has 0 aromatic heterocycles. The maximum atomic E-state index is 13.4. The Morgan fingerprint density at radius 2 is 2.00 bits per heavy atom. The van der Waals surface area contributed by atoms with Crippen LogP contribution in [0.5, 0.6) is 5.75 Å². The Balaban J connectivity index is 0.00000225. The third kappa shape index (κ3) is 3.99. The fraction of sp³-hybridized carbons (Fsp3) is 0.500. The first-order chi connectivity index (χ1) is 7.04. The minimum atomic E-state index is -0.353. The first-order valence-corrected chi connectivity index (χ1v) is 5.13. The van der Waals surface area contributed by atoms with Gasteiger partial charge in [-0.3, -0.25) is 0 Å². The van der Waals surface area contributed by atoms with Gasteiger partial charge in [0.2, 0.25) is 0 Å². The van der Waals surface area contributed by atoms with Gasteiger partial charge in [-0.05, 0) is 30.0 Å². The van der Waals surface area contributed by atoms with Crippen molar-refractivity contribution >= 4 is 12.4 Å². The molecule has 4 heteroatoms. The van der Waals surface area contributed by atoms with Crippen molar-refractivity contribution in [3.63, 3.8) is 0 Å². The van der Waals surface area contributed by atoms with E-state index in [9.17, 15) is 4.39 Å². The van der Waals surface area contributed by atoms with E-state index in [0.29, 0.717) is 5.92 Å². The first-order valence-electron chi connectivity index (χ1n) is 5.13. The van der Waals surface area contributed by atoms with Crippen LogP contribution in [0, 0.1) is 11.7 Å². The molecule has 1 atom stereocenters. The topological polar surface area (TPSA) is 35.2 Å². The van der Waals surface area contributed by atoms with Crippen LogP contribution in [0.25, 0.3) is 0 Å². The average molecular weight is 248 g/mol. The summed E-state index contributed by atoms with van der Waals surface area (Å²) in [5, 5.41) is 0. The molecule has 92 valence electrons. The molecule has 2 nitrogen and oxygen atoms in total. The molecule has 0 bridgehead atoms. The first kappa shape index (κ1) is 15.2. The molecule has 1 rings (SSSR count). The van der Waals surface area contributed by atoms with Gasteiger partial charge in [0.15, 0.2) is 11.6 Å². The Labute approximate surface area is 102 Å². The predicted molar refractivity (Wildman–Crippen MR) is 66.6 cm³/mol. The number of nitrogens with two attached hydrogens (primary N) is 1. The molecular weight excluding hydrogens is 229 g/mol. The van der Waals surface area contributed by atoms with E-state index in [1.165, 1.54) is 13.2 Å². The average Bonchev–Trinajstić information content (AvgIpc) is 2.16. The second-order valence-electron chi connectivity index (χ2n) is 4.13. The lowest BCUT2D eigenvalue weighted by molar-refractivity contribution is 0.385. The van der Waals surface area contributed by atoms with Crippen molar-refractivity contribution in [2.75, 3.05) is 7.11 Å². The van der Waals surface area contributed by atoms with Gasteiger partial charge in [-0.25, -0.2) is 4.39 Å². The van der Waals surface area contributed by atoms with Crippen LogP contribution in [0.15, 0.2) is 18.2 Å². The van der Waals surface area contributed by atoms with Gasteiger partial charge in [-0.2, -0.15) is 0 Å². The maximum absolute atomic E-state index is 13.4. The van der Waals surface area contributed by atoms with Crippen LogP contribution in [0.2, 0.25) is 0 Å². The smallest absolute Gasteiger partial charge is 0.165 e. The molecule has 0 unspecified atom stereocenters. The van der Waals surface area contributed by atoms with Gasteiger partial charge in [0.25, 0.3) is 0 Å². The highest BCUT2D eigenvalue weighted by Crippen LogP contribution is 2.24. The van der Waals surface area contributed by atoms with Gasteiger partial charge in [-0.1, -0.05) is 19.9 Å². The van der Waals surface area contributed by atoms with Crippen molar-refractivity contribution in [3.05, 3.63) is 29.6 Å². The summed E-state index contributed by atoms with van der Waals surface area (Å²) in [6.45, 7) is 4.19. The largest absolute Gasteiger partial charge is 0.494 e. The lowest BCUT2D eigenvalue weighted by Crippen LogP contribution is -2.13. The highest BCUT2D eigenvalue weighted by molar-refractivity contribution is 5.85. The molecular formula is C12H19ClFNO. The highest BCUT2D eigenvalue weighted by Gasteiger charge is 2.11. The van der Waals surface area contributed by atoms with Crippen LogP contribution in [0.1, 0.15) is 31.9 Å². The molecule has 0 aliphatic rings. The summed E-state index contributed by atoms with van der Waals surface area (Å²) in [7, 11) is 1.45. The van der Waals surface area contributed by atoms with Gasteiger partial charge in [-0.15, -0.1) is 12.4 Å². The molecule has 0 aliphatic carbocycles. The SMILES string of the molecule is COc1ccc([C@@H](N)CC(C)C)cc1F.Cl. The third-order valence-electron chi connectivity index (χ3n) is 2.33. The number of benzene rings is 1. The van der Waals surface area contributed by atoms with Crippen LogP contribution >= 0.6 is 12.4 Å². The van der Waals surface area contributed by atoms with Crippen molar-refractivity contribution in [2.45, 2.75) is 26.3 Å². The van der Waals surface area contributed by atoms with Crippen molar-refractivity contribution in [3.8, 4) is 5.75 Å². The molecule has 0 radical (unpaired) electrons. The van der Waals surface area contributed by atoms with Crippen LogP contribution in [-0.2, 0) is 0 Å². The van der Waals surface area contributed by atoms with E-state index in [2.05, 4.69) is 13.8 Å². The van der Waals surface area contributed by atoms with Crippen molar-refractivity contribution in [1.82, 2.24) is 0 Å². The minimum absolute atomic E-state index is 0. The van der Waals surface area contributed by atoms with Gasteiger partial charge >= 0.3 is 0 Å². The molecule has 0 aliphatic heterocycles. The highest BCUT2D eigenvalue weighted by atomic mass is 35.5. The van der Waals surface area contributed by atoms with Crippen LogP contribution in [0.4, 0.5) is 4.39 Å². The number of ether oxygens (including phenoxy) is 1. The van der Waals surface area contributed by atoms with Gasteiger partial charge in [0.05, 0.1) is 7.11 Å². The molecule has 1 aromatic rings. The Morgan fingerprint density at radius 3 is 2.44 bits per heavy atom. The Bertz CT molecular complexity index is 331. The second kappa shape index (κ2) is 6.71. The van der Waals surface area contributed by atoms with Crippen molar-refractivity contribution < 1.29 is 9.13 Å². The Hall–Kier alpha value is -0.800.